The second-order valence-electron chi connectivity index (χ2n) is 3.72. The Morgan fingerprint density at radius 1 is 1.41 bits per heavy atom. The van der Waals surface area contributed by atoms with Gasteiger partial charge in [0.2, 0.25) is 0 Å². The van der Waals surface area contributed by atoms with Gasteiger partial charge in [-0.1, -0.05) is 11.6 Å². The standard InChI is InChI=1S/C12H12BrClN2S/c1-7-12(17-8(2)16-7)6-15-9-3-4-11(14)10(13)5-9/h3-5,15H,6H2,1-2H3. The Hall–Kier alpha value is -0.580. The van der Waals surface area contributed by atoms with Crippen molar-refractivity contribution in [3.05, 3.63) is 43.3 Å². The Balaban J connectivity index is 2.07. The minimum Gasteiger partial charge on any atom is -0.380 e. The van der Waals surface area contributed by atoms with E-state index in [1.807, 2.05) is 32.0 Å². The summed E-state index contributed by atoms with van der Waals surface area (Å²) in [7, 11) is 0. The summed E-state index contributed by atoms with van der Waals surface area (Å²) in [6.07, 6.45) is 0. The molecule has 2 aromatic rings. The van der Waals surface area contributed by atoms with Crippen LogP contribution >= 0.6 is 38.9 Å². The summed E-state index contributed by atoms with van der Waals surface area (Å²) in [5.74, 6) is 0. The molecule has 0 atom stereocenters. The number of aryl methyl sites for hydroxylation is 2. The number of benzene rings is 1. The highest BCUT2D eigenvalue weighted by Gasteiger charge is 2.05. The molecule has 0 fully saturated rings. The van der Waals surface area contributed by atoms with Gasteiger partial charge in [-0.3, -0.25) is 0 Å². The van der Waals surface area contributed by atoms with Gasteiger partial charge in [-0.15, -0.1) is 11.3 Å². The first-order valence-electron chi connectivity index (χ1n) is 5.18. The van der Waals surface area contributed by atoms with E-state index in [2.05, 4.69) is 26.2 Å². The zero-order valence-corrected chi connectivity index (χ0v) is 12.7. The van der Waals surface area contributed by atoms with Crippen LogP contribution in [0.25, 0.3) is 0 Å². The lowest BCUT2D eigenvalue weighted by Crippen LogP contribution is -1.98. The summed E-state index contributed by atoms with van der Waals surface area (Å²) in [5, 5.41) is 5.20. The predicted molar refractivity (Wildman–Crippen MR) is 78.1 cm³/mol. The monoisotopic (exact) mass is 330 g/mol. The highest BCUT2D eigenvalue weighted by molar-refractivity contribution is 9.10. The SMILES string of the molecule is Cc1nc(C)c(CNc2ccc(Cl)c(Br)c2)s1. The molecule has 0 amide bonds. The van der Waals surface area contributed by atoms with Gasteiger partial charge in [-0.25, -0.2) is 4.98 Å². The summed E-state index contributed by atoms with van der Waals surface area (Å²) in [6.45, 7) is 4.86. The average molecular weight is 332 g/mol. The van der Waals surface area contributed by atoms with Crippen molar-refractivity contribution in [1.82, 2.24) is 4.98 Å². The maximum absolute atomic E-state index is 5.94. The van der Waals surface area contributed by atoms with E-state index in [1.54, 1.807) is 11.3 Å². The second-order valence-corrected chi connectivity index (χ2v) is 6.27. The van der Waals surface area contributed by atoms with E-state index < -0.39 is 0 Å². The van der Waals surface area contributed by atoms with Gasteiger partial charge in [0, 0.05) is 15.0 Å². The number of anilines is 1. The average Bonchev–Trinajstić information content (AvgIpc) is 2.59. The van der Waals surface area contributed by atoms with Crippen molar-refractivity contribution in [2.75, 3.05) is 5.32 Å². The van der Waals surface area contributed by atoms with Gasteiger partial charge < -0.3 is 5.32 Å². The Morgan fingerprint density at radius 3 is 2.76 bits per heavy atom. The Labute approximate surface area is 118 Å². The molecule has 1 N–H and O–H groups in total. The molecule has 0 bridgehead atoms. The van der Waals surface area contributed by atoms with Crippen molar-refractivity contribution < 1.29 is 0 Å². The van der Waals surface area contributed by atoms with Crippen LogP contribution in [0, 0.1) is 13.8 Å². The summed E-state index contributed by atoms with van der Waals surface area (Å²) >= 11 is 11.1. The number of rotatable bonds is 3. The third-order valence-corrected chi connectivity index (χ3v) is 4.66. The van der Waals surface area contributed by atoms with Crippen molar-refractivity contribution in [2.45, 2.75) is 20.4 Å². The van der Waals surface area contributed by atoms with E-state index in [9.17, 15) is 0 Å². The van der Waals surface area contributed by atoms with Gasteiger partial charge in [0.25, 0.3) is 0 Å². The molecule has 90 valence electrons. The van der Waals surface area contributed by atoms with Crippen LogP contribution < -0.4 is 5.32 Å². The third-order valence-electron chi connectivity index (χ3n) is 2.37. The molecule has 17 heavy (non-hydrogen) atoms. The number of thiazole rings is 1. The van der Waals surface area contributed by atoms with Gasteiger partial charge in [0.15, 0.2) is 0 Å². The predicted octanol–water partition coefficient (Wildman–Crippen LogP) is 4.79. The van der Waals surface area contributed by atoms with Gasteiger partial charge in [0.1, 0.15) is 0 Å². The van der Waals surface area contributed by atoms with Crippen LogP contribution in [-0.2, 0) is 6.54 Å². The molecule has 1 aromatic carbocycles. The van der Waals surface area contributed by atoms with Crippen LogP contribution in [-0.4, -0.2) is 4.98 Å². The second kappa shape index (κ2) is 5.38. The molecule has 2 rings (SSSR count). The maximum Gasteiger partial charge on any atom is 0.0900 e. The molecule has 0 saturated heterocycles. The number of hydrogen-bond acceptors (Lipinski definition) is 3. The minimum atomic E-state index is 0.723. The van der Waals surface area contributed by atoms with Crippen molar-refractivity contribution in [2.24, 2.45) is 0 Å². The van der Waals surface area contributed by atoms with E-state index in [4.69, 9.17) is 11.6 Å². The molecule has 0 radical (unpaired) electrons. The van der Waals surface area contributed by atoms with Crippen LogP contribution in [0.15, 0.2) is 22.7 Å². The zero-order valence-electron chi connectivity index (χ0n) is 9.55. The fraction of sp³-hybridized carbons (Fsp3) is 0.250. The summed E-state index contributed by atoms with van der Waals surface area (Å²) < 4.78 is 0.904. The summed E-state index contributed by atoms with van der Waals surface area (Å²) in [5.41, 5.74) is 2.15. The van der Waals surface area contributed by atoms with Crippen molar-refractivity contribution in [1.29, 1.82) is 0 Å². The first-order chi connectivity index (χ1) is 8.06. The molecule has 2 nitrogen and oxygen atoms in total. The normalized spacial score (nSPS) is 10.6. The Morgan fingerprint density at radius 2 is 2.18 bits per heavy atom. The fourth-order valence-corrected chi connectivity index (χ4v) is 2.90. The van der Waals surface area contributed by atoms with Crippen molar-refractivity contribution in [3.63, 3.8) is 0 Å². The third kappa shape index (κ3) is 3.21. The molecular formula is C12H12BrClN2S. The number of nitrogens with one attached hydrogen (secondary N) is 1. The molecule has 1 heterocycles. The lowest BCUT2D eigenvalue weighted by Gasteiger charge is -2.06. The van der Waals surface area contributed by atoms with E-state index in [-0.39, 0.29) is 0 Å². The first-order valence-corrected chi connectivity index (χ1v) is 7.17. The molecule has 5 heteroatoms. The smallest absolute Gasteiger partial charge is 0.0900 e. The van der Waals surface area contributed by atoms with Crippen LogP contribution in [0.1, 0.15) is 15.6 Å². The summed E-state index contributed by atoms with van der Waals surface area (Å²) in [6, 6.07) is 5.82. The van der Waals surface area contributed by atoms with Crippen LogP contribution in [0.2, 0.25) is 5.02 Å². The topological polar surface area (TPSA) is 24.9 Å². The van der Waals surface area contributed by atoms with E-state index in [0.717, 1.165) is 32.4 Å². The zero-order chi connectivity index (χ0) is 12.4. The molecule has 0 aliphatic rings. The quantitative estimate of drug-likeness (QED) is 0.875. The van der Waals surface area contributed by atoms with Crippen molar-refractivity contribution >= 4 is 44.6 Å². The van der Waals surface area contributed by atoms with Gasteiger partial charge in [0.05, 0.1) is 22.3 Å². The van der Waals surface area contributed by atoms with Gasteiger partial charge in [-0.05, 0) is 48.0 Å². The highest BCUT2D eigenvalue weighted by atomic mass is 79.9. The molecule has 0 unspecified atom stereocenters. The number of halogens is 2. The highest BCUT2D eigenvalue weighted by Crippen LogP contribution is 2.26. The van der Waals surface area contributed by atoms with Gasteiger partial charge >= 0.3 is 0 Å². The Kier molecular flexibility index (Phi) is 4.07. The number of nitrogens with zero attached hydrogens (tertiary/aromatic N) is 1. The van der Waals surface area contributed by atoms with Crippen LogP contribution in [0.5, 0.6) is 0 Å². The maximum atomic E-state index is 5.94. The fourth-order valence-electron chi connectivity index (χ4n) is 1.53. The van der Waals surface area contributed by atoms with E-state index in [1.165, 1.54) is 4.88 Å². The molecule has 0 saturated carbocycles. The largest absolute Gasteiger partial charge is 0.380 e. The molecule has 1 aromatic heterocycles. The van der Waals surface area contributed by atoms with Crippen LogP contribution in [0.4, 0.5) is 5.69 Å². The lowest BCUT2D eigenvalue weighted by molar-refractivity contribution is 1.11. The molecule has 0 spiro atoms. The van der Waals surface area contributed by atoms with Gasteiger partial charge in [-0.2, -0.15) is 0 Å². The van der Waals surface area contributed by atoms with E-state index >= 15 is 0 Å². The first kappa shape index (κ1) is 12.9. The molecular weight excluding hydrogens is 320 g/mol. The number of aromatic nitrogens is 1. The minimum absolute atomic E-state index is 0.723. The van der Waals surface area contributed by atoms with E-state index in [0.29, 0.717) is 0 Å². The Bertz CT molecular complexity index is 539. The number of hydrogen-bond donors (Lipinski definition) is 1. The molecule has 0 aliphatic heterocycles. The van der Waals surface area contributed by atoms with Crippen molar-refractivity contribution in [3.8, 4) is 0 Å². The molecule has 0 aliphatic carbocycles. The summed E-state index contributed by atoms with van der Waals surface area (Å²) in [4.78, 5) is 5.67. The van der Waals surface area contributed by atoms with Crippen LogP contribution in [0.3, 0.4) is 0 Å². The lowest BCUT2D eigenvalue weighted by atomic mass is 10.3.